The van der Waals surface area contributed by atoms with Gasteiger partial charge >= 0.3 is 6.09 Å². The van der Waals surface area contributed by atoms with Crippen molar-refractivity contribution in [3.8, 4) is 17.0 Å². The molecule has 1 aliphatic rings. The van der Waals surface area contributed by atoms with Crippen molar-refractivity contribution < 1.29 is 19.1 Å². The average molecular weight is 372 g/mol. The SMILES string of the molecule is CCOC(=O)N1CCN(C(=O)c2cc(-c3ccc(OC)cc3)n(C)n2)CC1. The van der Waals surface area contributed by atoms with Crippen molar-refractivity contribution in [3.05, 3.63) is 36.0 Å². The number of hydrogen-bond donors (Lipinski definition) is 0. The lowest BCUT2D eigenvalue weighted by Crippen LogP contribution is -2.50. The van der Waals surface area contributed by atoms with Crippen LogP contribution in [0.25, 0.3) is 11.3 Å². The molecule has 0 aliphatic carbocycles. The van der Waals surface area contributed by atoms with E-state index in [0.29, 0.717) is 38.5 Å². The molecule has 3 rings (SSSR count). The quantitative estimate of drug-likeness (QED) is 0.821. The van der Waals surface area contributed by atoms with Crippen LogP contribution in [0.4, 0.5) is 4.79 Å². The maximum Gasteiger partial charge on any atom is 0.409 e. The minimum absolute atomic E-state index is 0.131. The Morgan fingerprint density at radius 3 is 2.30 bits per heavy atom. The average Bonchev–Trinajstić information content (AvgIpc) is 3.09. The van der Waals surface area contributed by atoms with E-state index in [0.717, 1.165) is 17.0 Å². The highest BCUT2D eigenvalue weighted by atomic mass is 16.6. The molecule has 0 N–H and O–H groups in total. The van der Waals surface area contributed by atoms with Gasteiger partial charge in [-0.3, -0.25) is 9.48 Å². The number of rotatable bonds is 4. The standard InChI is InChI=1S/C19H24N4O4/c1-4-27-19(25)23-11-9-22(10-12-23)18(24)16-13-17(21(2)20-16)14-5-7-15(26-3)8-6-14/h5-8,13H,4,9-12H2,1-3H3. The normalized spacial score (nSPS) is 14.2. The van der Waals surface area contributed by atoms with Gasteiger partial charge in [0.2, 0.25) is 0 Å². The first-order chi connectivity index (χ1) is 13.0. The second-order valence-electron chi connectivity index (χ2n) is 6.25. The van der Waals surface area contributed by atoms with E-state index in [9.17, 15) is 9.59 Å². The van der Waals surface area contributed by atoms with Gasteiger partial charge in [0.1, 0.15) is 5.75 Å². The molecule has 27 heavy (non-hydrogen) atoms. The number of hydrogen-bond acceptors (Lipinski definition) is 5. The summed E-state index contributed by atoms with van der Waals surface area (Å²) in [5.74, 6) is 0.644. The van der Waals surface area contributed by atoms with Gasteiger partial charge in [0.25, 0.3) is 5.91 Å². The van der Waals surface area contributed by atoms with Gasteiger partial charge in [0.05, 0.1) is 19.4 Å². The highest BCUT2D eigenvalue weighted by Gasteiger charge is 2.27. The number of carbonyl (C=O) groups is 2. The Kier molecular flexibility index (Phi) is 5.63. The number of aromatic nitrogens is 2. The van der Waals surface area contributed by atoms with Crippen LogP contribution in [-0.2, 0) is 11.8 Å². The lowest BCUT2D eigenvalue weighted by Gasteiger charge is -2.33. The first-order valence-corrected chi connectivity index (χ1v) is 8.93. The number of methoxy groups -OCH3 is 1. The fourth-order valence-electron chi connectivity index (χ4n) is 3.07. The van der Waals surface area contributed by atoms with Gasteiger partial charge in [-0.05, 0) is 37.3 Å². The lowest BCUT2D eigenvalue weighted by molar-refractivity contribution is 0.0565. The molecule has 144 valence electrons. The number of aryl methyl sites for hydroxylation is 1. The Balaban J connectivity index is 1.68. The van der Waals surface area contributed by atoms with Gasteiger partial charge in [-0.1, -0.05) is 0 Å². The third-order valence-corrected chi connectivity index (χ3v) is 4.58. The van der Waals surface area contributed by atoms with Crippen molar-refractivity contribution >= 4 is 12.0 Å². The van der Waals surface area contributed by atoms with E-state index in [1.807, 2.05) is 31.3 Å². The van der Waals surface area contributed by atoms with Crippen molar-refractivity contribution in [1.29, 1.82) is 0 Å². The minimum Gasteiger partial charge on any atom is -0.497 e. The molecule has 0 spiro atoms. The van der Waals surface area contributed by atoms with Crippen molar-refractivity contribution in [2.45, 2.75) is 6.92 Å². The minimum atomic E-state index is -0.329. The van der Waals surface area contributed by atoms with Crippen LogP contribution in [0.3, 0.4) is 0 Å². The van der Waals surface area contributed by atoms with Crippen molar-refractivity contribution in [1.82, 2.24) is 19.6 Å². The summed E-state index contributed by atoms with van der Waals surface area (Å²) in [5, 5.41) is 4.38. The summed E-state index contributed by atoms with van der Waals surface area (Å²) in [6, 6.07) is 9.41. The molecule has 1 aliphatic heterocycles. The number of benzene rings is 1. The maximum atomic E-state index is 12.8. The van der Waals surface area contributed by atoms with Gasteiger partial charge in [-0.15, -0.1) is 0 Å². The van der Waals surface area contributed by atoms with E-state index < -0.39 is 0 Å². The Morgan fingerprint density at radius 2 is 1.70 bits per heavy atom. The number of ether oxygens (including phenoxy) is 2. The van der Waals surface area contributed by atoms with Crippen LogP contribution in [-0.4, -0.2) is 71.5 Å². The highest BCUT2D eigenvalue weighted by molar-refractivity contribution is 5.93. The Bertz CT molecular complexity index is 808. The van der Waals surface area contributed by atoms with E-state index in [-0.39, 0.29) is 12.0 Å². The zero-order valence-corrected chi connectivity index (χ0v) is 15.8. The van der Waals surface area contributed by atoms with E-state index in [1.54, 1.807) is 34.6 Å². The molecule has 0 saturated carbocycles. The molecule has 2 heterocycles. The van der Waals surface area contributed by atoms with E-state index in [2.05, 4.69) is 5.10 Å². The van der Waals surface area contributed by atoms with Gasteiger partial charge in [0, 0.05) is 38.8 Å². The fourth-order valence-corrected chi connectivity index (χ4v) is 3.07. The van der Waals surface area contributed by atoms with Gasteiger partial charge in [-0.2, -0.15) is 5.10 Å². The summed E-state index contributed by atoms with van der Waals surface area (Å²) in [6.45, 7) is 3.98. The number of nitrogens with zero attached hydrogens (tertiary/aromatic N) is 4. The predicted octanol–water partition coefficient (Wildman–Crippen LogP) is 2.01. The van der Waals surface area contributed by atoms with Gasteiger partial charge in [0.15, 0.2) is 5.69 Å². The zero-order chi connectivity index (χ0) is 19.4. The number of carbonyl (C=O) groups excluding carboxylic acids is 2. The molecule has 2 amide bonds. The van der Waals surface area contributed by atoms with Crippen molar-refractivity contribution in [2.75, 3.05) is 39.9 Å². The third kappa shape index (κ3) is 4.05. The van der Waals surface area contributed by atoms with E-state index in [1.165, 1.54) is 0 Å². The molecule has 1 aromatic carbocycles. The summed E-state index contributed by atoms with van der Waals surface area (Å²) < 4.78 is 11.9. The summed E-state index contributed by atoms with van der Waals surface area (Å²) in [5.41, 5.74) is 2.20. The summed E-state index contributed by atoms with van der Waals surface area (Å²) in [6.07, 6.45) is -0.329. The monoisotopic (exact) mass is 372 g/mol. The highest BCUT2D eigenvalue weighted by Crippen LogP contribution is 2.23. The Hall–Kier alpha value is -3.03. The van der Waals surface area contributed by atoms with Gasteiger partial charge < -0.3 is 19.3 Å². The predicted molar refractivity (Wildman–Crippen MR) is 99.7 cm³/mol. The number of amides is 2. The lowest BCUT2D eigenvalue weighted by atomic mass is 10.1. The van der Waals surface area contributed by atoms with Crippen LogP contribution < -0.4 is 4.74 Å². The molecule has 8 heteroatoms. The Morgan fingerprint density at radius 1 is 1.07 bits per heavy atom. The molecule has 0 bridgehead atoms. The molecule has 0 atom stereocenters. The van der Waals surface area contributed by atoms with Crippen LogP contribution >= 0.6 is 0 Å². The molecule has 0 unspecified atom stereocenters. The van der Waals surface area contributed by atoms with Crippen LogP contribution in [0.1, 0.15) is 17.4 Å². The molecule has 8 nitrogen and oxygen atoms in total. The number of piperazine rings is 1. The third-order valence-electron chi connectivity index (χ3n) is 4.58. The van der Waals surface area contributed by atoms with Gasteiger partial charge in [-0.25, -0.2) is 4.79 Å². The zero-order valence-electron chi connectivity index (χ0n) is 15.8. The topological polar surface area (TPSA) is 76.9 Å². The largest absolute Gasteiger partial charge is 0.497 e. The first-order valence-electron chi connectivity index (χ1n) is 8.93. The first kappa shape index (κ1) is 18.8. The maximum absolute atomic E-state index is 12.8. The van der Waals surface area contributed by atoms with Crippen LogP contribution in [0, 0.1) is 0 Å². The smallest absolute Gasteiger partial charge is 0.409 e. The van der Waals surface area contributed by atoms with Crippen molar-refractivity contribution in [3.63, 3.8) is 0 Å². The molecular weight excluding hydrogens is 348 g/mol. The molecular formula is C19H24N4O4. The van der Waals surface area contributed by atoms with E-state index >= 15 is 0 Å². The van der Waals surface area contributed by atoms with Crippen molar-refractivity contribution in [2.24, 2.45) is 7.05 Å². The molecule has 2 aromatic rings. The summed E-state index contributed by atoms with van der Waals surface area (Å²) >= 11 is 0. The second-order valence-corrected chi connectivity index (χ2v) is 6.25. The summed E-state index contributed by atoms with van der Waals surface area (Å²) in [4.78, 5) is 27.9. The van der Waals surface area contributed by atoms with Crippen LogP contribution in [0.5, 0.6) is 5.75 Å². The molecule has 1 saturated heterocycles. The van der Waals surface area contributed by atoms with Crippen LogP contribution in [0.2, 0.25) is 0 Å². The molecule has 1 aromatic heterocycles. The second kappa shape index (κ2) is 8.11. The van der Waals surface area contributed by atoms with Crippen LogP contribution in [0.15, 0.2) is 30.3 Å². The molecule has 0 radical (unpaired) electrons. The summed E-state index contributed by atoms with van der Waals surface area (Å²) in [7, 11) is 3.44. The fraction of sp³-hybridized carbons (Fsp3) is 0.421. The van der Waals surface area contributed by atoms with E-state index in [4.69, 9.17) is 9.47 Å². The molecule has 1 fully saturated rings. The Labute approximate surface area is 158 Å².